The van der Waals surface area contributed by atoms with Crippen LogP contribution in [0.25, 0.3) is 0 Å². The lowest BCUT2D eigenvalue weighted by atomic mass is 9.74. The van der Waals surface area contributed by atoms with Gasteiger partial charge in [-0.3, -0.25) is 4.79 Å². The third kappa shape index (κ3) is 4.76. The van der Waals surface area contributed by atoms with Gasteiger partial charge in [0.05, 0.1) is 0 Å². The van der Waals surface area contributed by atoms with E-state index in [0.29, 0.717) is 23.7 Å². The van der Waals surface area contributed by atoms with E-state index in [-0.39, 0.29) is 0 Å². The van der Waals surface area contributed by atoms with E-state index in [9.17, 15) is 4.79 Å². The summed E-state index contributed by atoms with van der Waals surface area (Å²) >= 11 is 0. The molecule has 20 heavy (non-hydrogen) atoms. The van der Waals surface area contributed by atoms with Gasteiger partial charge >= 0.3 is 0 Å². The lowest BCUT2D eigenvalue weighted by molar-refractivity contribution is -0.134. The predicted molar refractivity (Wildman–Crippen MR) is 85.5 cm³/mol. The number of carbonyl (C=O) groups is 1. The normalized spacial score (nSPS) is 19.9. The van der Waals surface area contributed by atoms with Gasteiger partial charge in [-0.25, -0.2) is 0 Å². The largest absolute Gasteiger partial charge is 0.343 e. The van der Waals surface area contributed by atoms with Crippen LogP contribution >= 0.6 is 0 Å². The molecule has 0 saturated carbocycles. The standard InChI is InChI=1S/C17H34N2O/c1-4-15(9-12-18)7-8-16(20)19-13-10-17(5-2,6-3)11-14-19/h15H,4-14,18H2,1-3H3. The molecule has 1 unspecified atom stereocenters. The molecule has 1 aliphatic heterocycles. The zero-order chi connectivity index (χ0) is 15.0. The lowest BCUT2D eigenvalue weighted by Crippen LogP contribution is -2.42. The van der Waals surface area contributed by atoms with Crippen molar-refractivity contribution >= 4 is 5.91 Å². The number of piperidine rings is 1. The fourth-order valence-corrected chi connectivity index (χ4v) is 3.46. The number of nitrogens with zero attached hydrogens (tertiary/aromatic N) is 1. The van der Waals surface area contributed by atoms with Crippen LogP contribution in [0.1, 0.15) is 72.1 Å². The lowest BCUT2D eigenvalue weighted by Gasteiger charge is -2.41. The maximum Gasteiger partial charge on any atom is 0.222 e. The summed E-state index contributed by atoms with van der Waals surface area (Å²) in [5.41, 5.74) is 6.12. The minimum atomic E-state index is 0.362. The van der Waals surface area contributed by atoms with Gasteiger partial charge in [0.2, 0.25) is 5.91 Å². The van der Waals surface area contributed by atoms with Crippen molar-refractivity contribution in [2.24, 2.45) is 17.1 Å². The molecule has 1 aliphatic rings. The first-order valence-electron chi connectivity index (χ1n) is 8.58. The molecule has 0 aliphatic carbocycles. The van der Waals surface area contributed by atoms with Crippen molar-refractivity contribution in [3.05, 3.63) is 0 Å². The summed E-state index contributed by atoms with van der Waals surface area (Å²) < 4.78 is 0. The van der Waals surface area contributed by atoms with Crippen LogP contribution in [0.4, 0.5) is 0 Å². The highest BCUT2D eigenvalue weighted by Crippen LogP contribution is 2.38. The average molecular weight is 282 g/mol. The van der Waals surface area contributed by atoms with Gasteiger partial charge in [0.15, 0.2) is 0 Å². The molecular weight excluding hydrogens is 248 g/mol. The van der Waals surface area contributed by atoms with E-state index in [1.165, 1.54) is 25.7 Å². The van der Waals surface area contributed by atoms with Crippen LogP contribution in [0, 0.1) is 11.3 Å². The summed E-state index contributed by atoms with van der Waals surface area (Å²) in [5, 5.41) is 0. The predicted octanol–water partition coefficient (Wildman–Crippen LogP) is 3.57. The SMILES string of the molecule is CCC(CCN)CCC(=O)N1CCC(CC)(CC)CC1. The zero-order valence-corrected chi connectivity index (χ0v) is 13.8. The maximum atomic E-state index is 12.3. The second-order valence-electron chi connectivity index (χ2n) is 6.48. The highest BCUT2D eigenvalue weighted by molar-refractivity contribution is 5.76. The molecule has 1 atom stereocenters. The number of hydrogen-bond donors (Lipinski definition) is 1. The molecular formula is C17H34N2O. The van der Waals surface area contributed by atoms with Gasteiger partial charge in [0, 0.05) is 19.5 Å². The van der Waals surface area contributed by atoms with E-state index in [0.717, 1.165) is 38.9 Å². The number of likely N-dealkylation sites (tertiary alicyclic amines) is 1. The molecule has 118 valence electrons. The summed E-state index contributed by atoms with van der Waals surface area (Å²) in [6, 6.07) is 0. The molecule has 3 nitrogen and oxygen atoms in total. The minimum absolute atomic E-state index is 0.362. The Kier molecular flexibility index (Phi) is 7.57. The number of rotatable bonds is 8. The molecule has 0 radical (unpaired) electrons. The molecule has 3 heteroatoms. The van der Waals surface area contributed by atoms with Crippen LogP contribution in [0.15, 0.2) is 0 Å². The highest BCUT2D eigenvalue weighted by atomic mass is 16.2. The van der Waals surface area contributed by atoms with Crippen LogP contribution in [-0.4, -0.2) is 30.4 Å². The van der Waals surface area contributed by atoms with E-state index < -0.39 is 0 Å². The van der Waals surface area contributed by atoms with Crippen molar-refractivity contribution in [1.82, 2.24) is 4.90 Å². The highest BCUT2D eigenvalue weighted by Gasteiger charge is 2.32. The van der Waals surface area contributed by atoms with Gasteiger partial charge in [0.25, 0.3) is 0 Å². The Morgan fingerprint density at radius 2 is 1.75 bits per heavy atom. The first-order valence-corrected chi connectivity index (χ1v) is 8.58. The van der Waals surface area contributed by atoms with Gasteiger partial charge in [-0.2, -0.15) is 0 Å². The van der Waals surface area contributed by atoms with Gasteiger partial charge in [-0.1, -0.05) is 40.0 Å². The van der Waals surface area contributed by atoms with Crippen molar-refractivity contribution in [2.45, 2.75) is 72.1 Å². The molecule has 1 heterocycles. The molecule has 1 amide bonds. The summed E-state index contributed by atoms with van der Waals surface area (Å²) in [6.07, 6.45) is 8.79. The van der Waals surface area contributed by atoms with E-state index in [4.69, 9.17) is 5.73 Å². The molecule has 0 aromatic rings. The number of carbonyl (C=O) groups excluding carboxylic acids is 1. The number of amides is 1. The summed E-state index contributed by atoms with van der Waals surface area (Å²) in [4.78, 5) is 14.4. The first-order chi connectivity index (χ1) is 9.60. The average Bonchev–Trinajstić information content (AvgIpc) is 2.51. The molecule has 0 spiro atoms. The van der Waals surface area contributed by atoms with Crippen LogP contribution in [0.3, 0.4) is 0 Å². The Morgan fingerprint density at radius 1 is 1.15 bits per heavy atom. The Labute approximate surface area is 125 Å². The Morgan fingerprint density at radius 3 is 2.20 bits per heavy atom. The Hall–Kier alpha value is -0.570. The van der Waals surface area contributed by atoms with Crippen LogP contribution in [0.5, 0.6) is 0 Å². The summed E-state index contributed by atoms with van der Waals surface area (Å²) in [7, 11) is 0. The van der Waals surface area contributed by atoms with Crippen molar-refractivity contribution in [1.29, 1.82) is 0 Å². The second kappa shape index (κ2) is 8.66. The second-order valence-corrected chi connectivity index (χ2v) is 6.48. The Balaban J connectivity index is 2.35. The van der Waals surface area contributed by atoms with Gasteiger partial charge in [-0.15, -0.1) is 0 Å². The number of hydrogen-bond acceptors (Lipinski definition) is 2. The molecule has 0 aromatic heterocycles. The van der Waals surface area contributed by atoms with Crippen molar-refractivity contribution in [3.63, 3.8) is 0 Å². The molecule has 0 bridgehead atoms. The fraction of sp³-hybridized carbons (Fsp3) is 0.941. The van der Waals surface area contributed by atoms with Gasteiger partial charge < -0.3 is 10.6 Å². The van der Waals surface area contributed by atoms with E-state index in [1.807, 2.05) is 0 Å². The first kappa shape index (κ1) is 17.5. The molecule has 2 N–H and O–H groups in total. The Bertz CT molecular complexity index is 277. The van der Waals surface area contributed by atoms with Crippen molar-refractivity contribution < 1.29 is 4.79 Å². The summed E-state index contributed by atoms with van der Waals surface area (Å²) in [6.45, 7) is 9.45. The molecule has 0 aromatic carbocycles. The van der Waals surface area contributed by atoms with Gasteiger partial charge in [-0.05, 0) is 43.6 Å². The third-order valence-corrected chi connectivity index (χ3v) is 5.60. The minimum Gasteiger partial charge on any atom is -0.343 e. The van der Waals surface area contributed by atoms with Crippen molar-refractivity contribution in [2.75, 3.05) is 19.6 Å². The summed E-state index contributed by atoms with van der Waals surface area (Å²) in [5.74, 6) is 0.986. The molecule has 1 saturated heterocycles. The maximum absolute atomic E-state index is 12.3. The van der Waals surface area contributed by atoms with E-state index >= 15 is 0 Å². The van der Waals surface area contributed by atoms with Crippen LogP contribution in [0.2, 0.25) is 0 Å². The van der Waals surface area contributed by atoms with Crippen LogP contribution < -0.4 is 5.73 Å². The quantitative estimate of drug-likeness (QED) is 0.740. The van der Waals surface area contributed by atoms with Crippen LogP contribution in [-0.2, 0) is 4.79 Å². The monoisotopic (exact) mass is 282 g/mol. The number of nitrogens with two attached hydrogens (primary N) is 1. The third-order valence-electron chi connectivity index (χ3n) is 5.60. The zero-order valence-electron chi connectivity index (χ0n) is 13.8. The van der Waals surface area contributed by atoms with Crippen molar-refractivity contribution in [3.8, 4) is 0 Å². The molecule has 1 fully saturated rings. The van der Waals surface area contributed by atoms with E-state index in [1.54, 1.807) is 0 Å². The van der Waals surface area contributed by atoms with Gasteiger partial charge in [0.1, 0.15) is 0 Å². The van der Waals surface area contributed by atoms with E-state index in [2.05, 4.69) is 25.7 Å². The fourth-order valence-electron chi connectivity index (χ4n) is 3.46. The topological polar surface area (TPSA) is 46.3 Å². The molecule has 1 rings (SSSR count). The smallest absolute Gasteiger partial charge is 0.222 e.